The molecule has 2 aromatic rings. The number of nitrogens with zero attached hydrogens (tertiary/aromatic N) is 1. The molecule has 0 bridgehead atoms. The predicted octanol–water partition coefficient (Wildman–Crippen LogP) is 3.85. The first-order valence-corrected chi connectivity index (χ1v) is 8.43. The van der Waals surface area contributed by atoms with Gasteiger partial charge in [-0.15, -0.1) is 0 Å². The minimum Gasteiger partial charge on any atom is -0.490 e. The highest BCUT2D eigenvalue weighted by molar-refractivity contribution is 9.10. The average molecular weight is 407 g/mol. The highest BCUT2D eigenvalue weighted by atomic mass is 79.9. The summed E-state index contributed by atoms with van der Waals surface area (Å²) in [6, 6.07) is 13.1. The molecule has 0 aliphatic rings. The number of anilines is 1. The lowest BCUT2D eigenvalue weighted by molar-refractivity contribution is -0.142. The Hall–Kier alpha value is -2.54. The Morgan fingerprint density at radius 2 is 1.92 bits per heavy atom. The van der Waals surface area contributed by atoms with Crippen molar-refractivity contribution >= 4 is 33.8 Å². The van der Waals surface area contributed by atoms with Crippen LogP contribution in [-0.4, -0.2) is 32.5 Å². The van der Waals surface area contributed by atoms with Crippen molar-refractivity contribution < 1.29 is 19.0 Å². The summed E-state index contributed by atoms with van der Waals surface area (Å²) in [6.45, 7) is 2.15. The quantitative estimate of drug-likeness (QED) is 0.409. The second-order valence-electron chi connectivity index (χ2n) is 4.85. The number of carbonyl (C=O) groups is 1. The monoisotopic (exact) mass is 406 g/mol. The Bertz CT molecular complexity index is 735. The van der Waals surface area contributed by atoms with Gasteiger partial charge in [-0.1, -0.05) is 18.2 Å². The van der Waals surface area contributed by atoms with E-state index in [1.54, 1.807) is 18.3 Å². The fraction of sp³-hybridized carbons (Fsp3) is 0.222. The Morgan fingerprint density at radius 3 is 2.60 bits per heavy atom. The largest absolute Gasteiger partial charge is 0.490 e. The van der Waals surface area contributed by atoms with Crippen molar-refractivity contribution in [3.8, 4) is 11.5 Å². The van der Waals surface area contributed by atoms with Gasteiger partial charge in [0.25, 0.3) is 0 Å². The third-order valence-electron chi connectivity index (χ3n) is 3.11. The van der Waals surface area contributed by atoms with Crippen LogP contribution in [0.5, 0.6) is 11.5 Å². The van der Waals surface area contributed by atoms with Crippen LogP contribution in [0.1, 0.15) is 12.5 Å². The Morgan fingerprint density at radius 1 is 1.20 bits per heavy atom. The smallest absolute Gasteiger partial charge is 0.343 e. The molecule has 25 heavy (non-hydrogen) atoms. The number of benzene rings is 2. The first-order valence-electron chi connectivity index (χ1n) is 7.64. The van der Waals surface area contributed by atoms with Crippen LogP contribution < -0.4 is 14.9 Å². The van der Waals surface area contributed by atoms with E-state index in [2.05, 4.69) is 31.2 Å². The number of hydrogen-bond donors (Lipinski definition) is 1. The first kappa shape index (κ1) is 18.8. The molecular weight excluding hydrogens is 388 g/mol. The molecule has 0 amide bonds. The summed E-state index contributed by atoms with van der Waals surface area (Å²) in [5, 5.41) is 4.22. The highest BCUT2D eigenvalue weighted by Crippen LogP contribution is 2.33. The topological polar surface area (TPSA) is 69.1 Å². The zero-order valence-corrected chi connectivity index (χ0v) is 15.6. The molecule has 2 aromatic carbocycles. The SMILES string of the molecule is CCOc1cc(C=NNc2ccccc2)c(Br)cc1OCC(=O)OC. The molecule has 0 saturated carbocycles. The van der Waals surface area contributed by atoms with Gasteiger partial charge in [-0.25, -0.2) is 4.79 Å². The molecule has 0 saturated heterocycles. The number of rotatable bonds is 8. The molecule has 0 radical (unpaired) electrons. The summed E-state index contributed by atoms with van der Waals surface area (Å²) in [5.41, 5.74) is 4.64. The maximum atomic E-state index is 11.3. The van der Waals surface area contributed by atoms with Gasteiger partial charge >= 0.3 is 5.97 Å². The zero-order chi connectivity index (χ0) is 18.1. The van der Waals surface area contributed by atoms with Gasteiger partial charge in [0.05, 0.1) is 25.6 Å². The normalized spacial score (nSPS) is 10.5. The molecule has 0 atom stereocenters. The molecule has 1 N–H and O–H groups in total. The Labute approximate surface area is 154 Å². The Balaban J connectivity index is 2.15. The van der Waals surface area contributed by atoms with E-state index in [-0.39, 0.29) is 6.61 Å². The molecule has 0 aliphatic heterocycles. The van der Waals surface area contributed by atoms with E-state index in [1.807, 2.05) is 37.3 Å². The van der Waals surface area contributed by atoms with Crippen LogP contribution in [0.4, 0.5) is 5.69 Å². The standard InChI is InChI=1S/C18H19BrN2O4/c1-3-24-16-9-13(11-20-21-14-7-5-4-6-8-14)15(19)10-17(16)25-12-18(22)23-2/h4-11,21H,3,12H2,1-2H3. The van der Waals surface area contributed by atoms with Crippen molar-refractivity contribution in [2.45, 2.75) is 6.92 Å². The number of ether oxygens (including phenoxy) is 3. The molecule has 0 spiro atoms. The number of para-hydroxylation sites is 1. The number of esters is 1. The van der Waals surface area contributed by atoms with Crippen LogP contribution >= 0.6 is 15.9 Å². The lowest BCUT2D eigenvalue weighted by Crippen LogP contribution is -2.13. The van der Waals surface area contributed by atoms with Gasteiger partial charge in [-0.3, -0.25) is 5.43 Å². The van der Waals surface area contributed by atoms with E-state index in [9.17, 15) is 4.79 Å². The molecule has 7 heteroatoms. The summed E-state index contributed by atoms with van der Waals surface area (Å²) >= 11 is 3.47. The molecule has 0 aliphatic carbocycles. The number of hydrazone groups is 1. The number of methoxy groups -OCH3 is 1. The highest BCUT2D eigenvalue weighted by Gasteiger charge is 2.12. The fourth-order valence-corrected chi connectivity index (χ4v) is 2.34. The summed E-state index contributed by atoms with van der Waals surface area (Å²) in [6.07, 6.45) is 1.67. The van der Waals surface area contributed by atoms with Gasteiger partial charge in [-0.05, 0) is 47.1 Å². The van der Waals surface area contributed by atoms with Crippen LogP contribution in [0.2, 0.25) is 0 Å². The summed E-state index contributed by atoms with van der Waals surface area (Å²) in [7, 11) is 1.31. The molecule has 132 valence electrons. The third kappa shape index (κ3) is 5.79. The molecule has 0 aromatic heterocycles. The lowest BCUT2D eigenvalue weighted by Gasteiger charge is -2.13. The number of nitrogens with one attached hydrogen (secondary N) is 1. The van der Waals surface area contributed by atoms with Crippen LogP contribution in [0.15, 0.2) is 52.0 Å². The minimum atomic E-state index is -0.462. The van der Waals surface area contributed by atoms with Crippen molar-refractivity contribution in [1.82, 2.24) is 0 Å². The molecule has 0 heterocycles. The van der Waals surface area contributed by atoms with E-state index in [0.717, 1.165) is 15.7 Å². The molecule has 0 fully saturated rings. The minimum absolute atomic E-state index is 0.188. The van der Waals surface area contributed by atoms with E-state index in [1.165, 1.54) is 7.11 Å². The van der Waals surface area contributed by atoms with Crippen molar-refractivity contribution in [3.63, 3.8) is 0 Å². The lowest BCUT2D eigenvalue weighted by atomic mass is 10.2. The van der Waals surface area contributed by atoms with E-state index < -0.39 is 5.97 Å². The summed E-state index contributed by atoms with van der Waals surface area (Å²) < 4.78 is 16.4. The molecule has 2 rings (SSSR count). The maximum Gasteiger partial charge on any atom is 0.343 e. The summed E-state index contributed by atoms with van der Waals surface area (Å²) in [5.74, 6) is 0.513. The number of carbonyl (C=O) groups excluding carboxylic acids is 1. The van der Waals surface area contributed by atoms with Gasteiger partial charge in [-0.2, -0.15) is 5.10 Å². The number of halogens is 1. The Kier molecular flexibility index (Phi) is 7.28. The first-order chi connectivity index (χ1) is 12.1. The second kappa shape index (κ2) is 9.68. The van der Waals surface area contributed by atoms with E-state index in [4.69, 9.17) is 9.47 Å². The second-order valence-corrected chi connectivity index (χ2v) is 5.71. The predicted molar refractivity (Wildman–Crippen MR) is 100 cm³/mol. The van der Waals surface area contributed by atoms with Gasteiger partial charge in [0.2, 0.25) is 0 Å². The van der Waals surface area contributed by atoms with Crippen LogP contribution in [0.3, 0.4) is 0 Å². The van der Waals surface area contributed by atoms with Crippen molar-refractivity contribution in [2.75, 3.05) is 25.7 Å². The maximum absolute atomic E-state index is 11.3. The van der Waals surface area contributed by atoms with E-state index >= 15 is 0 Å². The van der Waals surface area contributed by atoms with Crippen LogP contribution in [0.25, 0.3) is 0 Å². The molecule has 6 nitrogen and oxygen atoms in total. The van der Waals surface area contributed by atoms with Gasteiger partial charge in [0.15, 0.2) is 18.1 Å². The van der Waals surface area contributed by atoms with Gasteiger partial charge < -0.3 is 14.2 Å². The molecular formula is C18H19BrN2O4. The summed E-state index contributed by atoms with van der Waals surface area (Å²) in [4.78, 5) is 11.3. The fourth-order valence-electron chi connectivity index (χ4n) is 1.92. The van der Waals surface area contributed by atoms with Gasteiger partial charge in [0.1, 0.15) is 0 Å². The zero-order valence-electron chi connectivity index (χ0n) is 14.0. The van der Waals surface area contributed by atoms with E-state index in [0.29, 0.717) is 18.1 Å². The van der Waals surface area contributed by atoms with Crippen LogP contribution in [-0.2, 0) is 9.53 Å². The van der Waals surface area contributed by atoms with Crippen molar-refractivity contribution in [2.24, 2.45) is 5.10 Å². The van der Waals surface area contributed by atoms with Crippen molar-refractivity contribution in [1.29, 1.82) is 0 Å². The van der Waals surface area contributed by atoms with Gasteiger partial charge in [0, 0.05) is 10.0 Å². The average Bonchev–Trinajstić information content (AvgIpc) is 2.63. The van der Waals surface area contributed by atoms with Crippen LogP contribution in [0, 0.1) is 0 Å². The number of hydrogen-bond acceptors (Lipinski definition) is 6. The van der Waals surface area contributed by atoms with Crippen molar-refractivity contribution in [3.05, 3.63) is 52.5 Å². The molecule has 0 unspecified atom stereocenters. The third-order valence-corrected chi connectivity index (χ3v) is 3.79.